The number of primary amides is 1. The Labute approximate surface area is 170 Å². The Morgan fingerprint density at radius 1 is 1.07 bits per heavy atom. The second-order valence-electron chi connectivity index (χ2n) is 7.97. The maximum atomic E-state index is 13.4. The van der Waals surface area contributed by atoms with E-state index in [4.69, 9.17) is 10.2 Å². The van der Waals surface area contributed by atoms with Gasteiger partial charge in [0.25, 0.3) is 5.91 Å². The number of carbonyl (C=O) groups excluding carboxylic acids is 2. The minimum atomic E-state index is -1.04. The van der Waals surface area contributed by atoms with Crippen LogP contribution in [0.15, 0.2) is 46.9 Å². The number of nitrogens with zero attached hydrogens (tertiary/aromatic N) is 1. The lowest BCUT2D eigenvalue weighted by atomic mass is 10.00. The average Bonchev–Trinajstić information content (AvgIpc) is 2.98. The Kier molecular flexibility index (Phi) is 5.59. The number of likely N-dealkylation sites (N-methyl/N-ethyl adjacent to an activating group) is 1. The van der Waals surface area contributed by atoms with Crippen molar-refractivity contribution in [1.29, 1.82) is 0 Å². The van der Waals surface area contributed by atoms with Gasteiger partial charge >= 0.3 is 5.91 Å². The number of hydrogen-bond donors (Lipinski definition) is 2. The number of aliphatic hydroxyl groups is 1. The predicted molar refractivity (Wildman–Crippen MR) is 111 cm³/mol. The van der Waals surface area contributed by atoms with Crippen LogP contribution in [0.1, 0.15) is 32.8 Å². The molecule has 0 aliphatic rings. The number of fused-ring (bicyclic) bond motifs is 1. The van der Waals surface area contributed by atoms with Crippen LogP contribution in [-0.4, -0.2) is 48.1 Å². The molecule has 0 bridgehead atoms. The van der Waals surface area contributed by atoms with Gasteiger partial charge in [-0.05, 0) is 43.5 Å². The third-order valence-corrected chi connectivity index (χ3v) is 5.48. The highest BCUT2D eigenvalue weighted by molar-refractivity contribution is 6.05. The summed E-state index contributed by atoms with van der Waals surface area (Å²) in [5.74, 6) is -0.576. The van der Waals surface area contributed by atoms with Gasteiger partial charge in [-0.25, -0.2) is 9.28 Å². The molecule has 0 aliphatic heterocycles. The number of furan rings is 1. The zero-order valence-electron chi connectivity index (χ0n) is 17.2. The standard InChI is InChI=1S/C23H26N2O4/c1-14-5-7-16(8-6-14)11-17-9-10-20-18(12-17)21(15(2)29-20)23(28)25(3,4)19(13-26)22(24)27/h5-10,12,19,26H,11,13H2,1-4H3,(H-,24,27)/p+1. The zero-order chi connectivity index (χ0) is 21.3. The van der Waals surface area contributed by atoms with Gasteiger partial charge in [0.05, 0.1) is 14.1 Å². The molecule has 2 amide bonds. The first-order valence-corrected chi connectivity index (χ1v) is 9.51. The number of aliphatic hydroxyl groups excluding tert-OH is 1. The van der Waals surface area contributed by atoms with Gasteiger partial charge in [0.1, 0.15) is 23.5 Å². The van der Waals surface area contributed by atoms with Crippen molar-refractivity contribution in [3.8, 4) is 0 Å². The quantitative estimate of drug-likeness (QED) is 0.628. The topological polar surface area (TPSA) is 93.5 Å². The molecule has 1 heterocycles. The molecule has 1 unspecified atom stereocenters. The highest BCUT2D eigenvalue weighted by Gasteiger charge is 2.42. The van der Waals surface area contributed by atoms with Gasteiger partial charge in [-0.2, -0.15) is 0 Å². The molecule has 6 heteroatoms. The van der Waals surface area contributed by atoms with Gasteiger partial charge in [-0.1, -0.05) is 35.9 Å². The number of benzene rings is 2. The molecular weight excluding hydrogens is 368 g/mol. The summed E-state index contributed by atoms with van der Waals surface area (Å²) in [6.07, 6.45) is 0.729. The molecule has 29 heavy (non-hydrogen) atoms. The maximum Gasteiger partial charge on any atom is 0.350 e. The van der Waals surface area contributed by atoms with E-state index in [2.05, 4.69) is 24.3 Å². The lowest BCUT2D eigenvalue weighted by molar-refractivity contribution is -0.825. The Balaban J connectivity index is 2.03. The molecule has 3 aromatic rings. The summed E-state index contributed by atoms with van der Waals surface area (Å²) in [5.41, 5.74) is 9.86. The fourth-order valence-electron chi connectivity index (χ4n) is 3.63. The number of nitrogens with two attached hydrogens (primary N) is 1. The number of aryl methyl sites for hydroxylation is 2. The summed E-state index contributed by atoms with van der Waals surface area (Å²) in [7, 11) is 3.14. The molecule has 6 nitrogen and oxygen atoms in total. The third-order valence-electron chi connectivity index (χ3n) is 5.48. The first-order chi connectivity index (χ1) is 13.6. The fraction of sp³-hybridized carbons (Fsp3) is 0.304. The van der Waals surface area contributed by atoms with Crippen LogP contribution < -0.4 is 5.73 Å². The molecule has 1 aromatic heterocycles. The minimum Gasteiger partial charge on any atom is -0.460 e. The molecule has 2 aromatic carbocycles. The zero-order valence-corrected chi connectivity index (χ0v) is 17.2. The van der Waals surface area contributed by atoms with Crippen molar-refractivity contribution < 1.29 is 23.6 Å². The molecule has 0 aliphatic carbocycles. The average molecular weight is 395 g/mol. The first kappa shape index (κ1) is 20.8. The van der Waals surface area contributed by atoms with Gasteiger partial charge in [0, 0.05) is 5.39 Å². The van der Waals surface area contributed by atoms with Crippen molar-refractivity contribution in [1.82, 2.24) is 0 Å². The van der Waals surface area contributed by atoms with Crippen LogP contribution in [0.5, 0.6) is 0 Å². The van der Waals surface area contributed by atoms with E-state index in [9.17, 15) is 14.7 Å². The Morgan fingerprint density at radius 3 is 2.28 bits per heavy atom. The highest BCUT2D eigenvalue weighted by Crippen LogP contribution is 2.30. The molecular formula is C23H27N2O4+. The summed E-state index contributed by atoms with van der Waals surface area (Å²) < 4.78 is 5.42. The lowest BCUT2D eigenvalue weighted by Crippen LogP contribution is -2.60. The van der Waals surface area contributed by atoms with Crippen molar-refractivity contribution in [2.75, 3.05) is 20.7 Å². The Hall–Kier alpha value is -2.96. The van der Waals surface area contributed by atoms with Gasteiger partial charge in [-0.15, -0.1) is 0 Å². The van der Waals surface area contributed by atoms with Gasteiger partial charge in [-0.3, -0.25) is 4.79 Å². The summed E-state index contributed by atoms with van der Waals surface area (Å²) >= 11 is 0. The van der Waals surface area contributed by atoms with Crippen molar-refractivity contribution in [3.05, 3.63) is 70.5 Å². The van der Waals surface area contributed by atoms with E-state index >= 15 is 0 Å². The second kappa shape index (κ2) is 7.81. The van der Waals surface area contributed by atoms with Gasteiger partial charge in [0.2, 0.25) is 0 Å². The van der Waals surface area contributed by atoms with E-state index in [1.807, 2.05) is 25.1 Å². The second-order valence-corrected chi connectivity index (χ2v) is 7.97. The van der Waals surface area contributed by atoms with E-state index in [-0.39, 0.29) is 10.4 Å². The van der Waals surface area contributed by atoms with Crippen LogP contribution in [0, 0.1) is 13.8 Å². The Bertz CT molecular complexity index is 1060. The molecule has 0 spiro atoms. The smallest absolute Gasteiger partial charge is 0.350 e. The molecule has 1 atom stereocenters. The van der Waals surface area contributed by atoms with E-state index in [0.29, 0.717) is 22.3 Å². The molecule has 0 saturated heterocycles. The van der Waals surface area contributed by atoms with E-state index in [0.717, 1.165) is 12.0 Å². The lowest BCUT2D eigenvalue weighted by Gasteiger charge is -2.32. The SMILES string of the molecule is Cc1ccc(Cc2ccc3oc(C)c(C(=O)[N+](C)(C)C(CO)C(N)=O)c3c2)cc1. The summed E-state index contributed by atoms with van der Waals surface area (Å²) in [5, 5.41) is 10.3. The van der Waals surface area contributed by atoms with Crippen molar-refractivity contribution in [2.24, 2.45) is 5.73 Å². The predicted octanol–water partition coefficient (Wildman–Crippen LogP) is 2.70. The first-order valence-electron chi connectivity index (χ1n) is 9.51. The van der Waals surface area contributed by atoms with Crippen molar-refractivity contribution in [3.63, 3.8) is 0 Å². The summed E-state index contributed by atoms with van der Waals surface area (Å²) in [6.45, 7) is 3.26. The van der Waals surface area contributed by atoms with Gasteiger partial charge in [0.15, 0.2) is 6.04 Å². The van der Waals surface area contributed by atoms with Crippen LogP contribution in [0.25, 0.3) is 11.0 Å². The maximum absolute atomic E-state index is 13.4. The number of hydrogen-bond acceptors (Lipinski definition) is 4. The highest BCUT2D eigenvalue weighted by atomic mass is 16.3. The third kappa shape index (κ3) is 3.95. The molecule has 152 valence electrons. The van der Waals surface area contributed by atoms with E-state index < -0.39 is 18.6 Å². The number of carbonyl (C=O) groups is 2. The van der Waals surface area contributed by atoms with Crippen LogP contribution in [0.4, 0.5) is 0 Å². The Morgan fingerprint density at radius 2 is 1.69 bits per heavy atom. The van der Waals surface area contributed by atoms with E-state index in [1.54, 1.807) is 21.0 Å². The molecule has 3 N–H and O–H groups in total. The monoisotopic (exact) mass is 395 g/mol. The largest absolute Gasteiger partial charge is 0.460 e. The minimum absolute atomic E-state index is 0.327. The molecule has 0 fully saturated rings. The van der Waals surface area contributed by atoms with Crippen molar-refractivity contribution in [2.45, 2.75) is 26.3 Å². The van der Waals surface area contributed by atoms with Crippen LogP contribution >= 0.6 is 0 Å². The summed E-state index contributed by atoms with van der Waals surface area (Å²) in [6, 6.07) is 13.1. The number of rotatable bonds is 6. The molecule has 0 saturated carbocycles. The van der Waals surface area contributed by atoms with Gasteiger partial charge < -0.3 is 15.3 Å². The fourth-order valence-corrected chi connectivity index (χ4v) is 3.63. The van der Waals surface area contributed by atoms with Crippen LogP contribution in [-0.2, 0) is 11.2 Å². The van der Waals surface area contributed by atoms with E-state index in [1.165, 1.54) is 11.1 Å². The van der Waals surface area contributed by atoms with Crippen LogP contribution in [0.3, 0.4) is 0 Å². The molecule has 3 rings (SSSR count). The number of quaternary nitrogens is 1. The summed E-state index contributed by atoms with van der Waals surface area (Å²) in [4.78, 5) is 25.1. The molecule has 0 radical (unpaired) electrons. The number of amides is 2. The van der Waals surface area contributed by atoms with Crippen LogP contribution in [0.2, 0.25) is 0 Å². The van der Waals surface area contributed by atoms with Crippen molar-refractivity contribution >= 4 is 22.8 Å². The normalized spacial score (nSPS) is 12.9.